The van der Waals surface area contributed by atoms with Crippen molar-refractivity contribution >= 4 is 42.3 Å². The summed E-state index contributed by atoms with van der Waals surface area (Å²) in [5.41, 5.74) is 0. The summed E-state index contributed by atoms with van der Waals surface area (Å²) in [5.74, 6) is 2.29. The predicted molar refractivity (Wildman–Crippen MR) is 124 cm³/mol. The molecule has 2 atom stereocenters. The van der Waals surface area contributed by atoms with Gasteiger partial charge in [0.15, 0.2) is 0 Å². The van der Waals surface area contributed by atoms with E-state index in [-0.39, 0.29) is 24.8 Å². The number of carbonyl (C=O) groups is 1. The zero-order chi connectivity index (χ0) is 19.1. The number of hydrogen-bond donors (Lipinski definition) is 1. The van der Waals surface area contributed by atoms with E-state index in [1.165, 1.54) is 12.8 Å². The molecule has 0 radical (unpaired) electrons. The highest BCUT2D eigenvalue weighted by atomic mass is 35.5. The maximum atomic E-state index is 12.6. The Labute approximate surface area is 192 Å². The molecule has 1 N–H and O–H groups in total. The first-order valence-electron chi connectivity index (χ1n) is 10.2. The Hall–Kier alpha value is -0.720. The van der Waals surface area contributed by atoms with Gasteiger partial charge in [-0.3, -0.25) is 9.69 Å². The molecule has 2 unspecified atom stereocenters. The van der Waals surface area contributed by atoms with Gasteiger partial charge >= 0.3 is 0 Å². The predicted octanol–water partition coefficient (Wildman–Crippen LogP) is 3.73. The van der Waals surface area contributed by atoms with Crippen LogP contribution < -0.4 is 10.1 Å². The standard InChI is InChI=1S/C21H32ClN3O2.2ClH/c1-17(18-3-2-8-23-16-18)15-21(26)25-11-9-24(10-12-25)13-14-27-20-6-4-19(22)5-7-20;;/h4-7,17-18,23H,2-3,8-16H2,1H3;2*1H. The number of carbonyl (C=O) groups excluding carboxylic acids is 1. The Bertz CT molecular complexity index is 589. The quantitative estimate of drug-likeness (QED) is 0.665. The SMILES string of the molecule is CC(CC(=O)N1CCN(CCOc2ccc(Cl)cc2)CC1)C1CCCNC1.Cl.Cl. The van der Waals surface area contributed by atoms with Gasteiger partial charge in [0.1, 0.15) is 12.4 Å². The lowest BCUT2D eigenvalue weighted by molar-refractivity contribution is -0.134. The second kappa shape index (κ2) is 13.6. The molecule has 1 aromatic carbocycles. The molecule has 2 heterocycles. The minimum atomic E-state index is 0. The van der Waals surface area contributed by atoms with Crippen LogP contribution in [0.1, 0.15) is 26.2 Å². The molecule has 8 heteroatoms. The molecule has 0 bridgehead atoms. The molecule has 1 aromatic rings. The van der Waals surface area contributed by atoms with Crippen molar-refractivity contribution in [3.63, 3.8) is 0 Å². The maximum Gasteiger partial charge on any atom is 0.222 e. The first-order chi connectivity index (χ1) is 13.1. The van der Waals surface area contributed by atoms with E-state index >= 15 is 0 Å². The van der Waals surface area contributed by atoms with Gasteiger partial charge < -0.3 is 15.0 Å². The van der Waals surface area contributed by atoms with Crippen molar-refractivity contribution in [1.29, 1.82) is 0 Å². The highest BCUT2D eigenvalue weighted by Crippen LogP contribution is 2.23. The molecule has 0 saturated carbocycles. The van der Waals surface area contributed by atoms with Crippen LogP contribution in [0.3, 0.4) is 0 Å². The second-order valence-electron chi connectivity index (χ2n) is 7.81. The van der Waals surface area contributed by atoms with Crippen molar-refractivity contribution in [3.05, 3.63) is 29.3 Å². The molecule has 29 heavy (non-hydrogen) atoms. The zero-order valence-corrected chi connectivity index (χ0v) is 19.5. The van der Waals surface area contributed by atoms with Gasteiger partial charge in [-0.05, 0) is 62.0 Å². The van der Waals surface area contributed by atoms with E-state index in [0.717, 1.165) is 56.6 Å². The molecular weight excluding hydrogens is 433 g/mol. The van der Waals surface area contributed by atoms with Crippen LogP contribution in [0, 0.1) is 11.8 Å². The summed E-state index contributed by atoms with van der Waals surface area (Å²) in [6, 6.07) is 7.46. The van der Waals surface area contributed by atoms with Gasteiger partial charge in [0.05, 0.1) is 0 Å². The van der Waals surface area contributed by atoms with Gasteiger partial charge in [-0.25, -0.2) is 0 Å². The lowest BCUT2D eigenvalue weighted by Gasteiger charge is -2.36. The van der Waals surface area contributed by atoms with Crippen molar-refractivity contribution in [2.24, 2.45) is 11.8 Å². The molecule has 2 aliphatic heterocycles. The summed E-state index contributed by atoms with van der Waals surface area (Å²) >= 11 is 5.88. The molecule has 0 aromatic heterocycles. The summed E-state index contributed by atoms with van der Waals surface area (Å²) in [6.07, 6.45) is 3.18. The Morgan fingerprint density at radius 1 is 1.21 bits per heavy atom. The van der Waals surface area contributed by atoms with Crippen molar-refractivity contribution in [1.82, 2.24) is 15.1 Å². The van der Waals surface area contributed by atoms with Gasteiger partial charge in [0.25, 0.3) is 0 Å². The fourth-order valence-corrected chi connectivity index (χ4v) is 4.11. The fraction of sp³-hybridized carbons (Fsp3) is 0.667. The molecule has 166 valence electrons. The number of nitrogens with one attached hydrogen (secondary N) is 1. The molecule has 2 fully saturated rings. The van der Waals surface area contributed by atoms with Crippen LogP contribution in [0.5, 0.6) is 5.75 Å². The van der Waals surface area contributed by atoms with Gasteiger partial charge in [-0.1, -0.05) is 18.5 Å². The third kappa shape index (κ3) is 8.50. The fourth-order valence-electron chi connectivity index (χ4n) is 3.98. The Balaban J connectivity index is 0.00000210. The van der Waals surface area contributed by atoms with Crippen LogP contribution in [-0.2, 0) is 4.79 Å². The smallest absolute Gasteiger partial charge is 0.222 e. The second-order valence-corrected chi connectivity index (χ2v) is 8.25. The molecular formula is C21H34Cl3N3O2. The molecule has 5 nitrogen and oxygen atoms in total. The molecule has 1 amide bonds. The normalized spacial score (nSPS) is 20.9. The first-order valence-corrected chi connectivity index (χ1v) is 10.6. The Morgan fingerprint density at radius 2 is 1.90 bits per heavy atom. The van der Waals surface area contributed by atoms with Crippen molar-refractivity contribution in [2.45, 2.75) is 26.2 Å². The highest BCUT2D eigenvalue weighted by molar-refractivity contribution is 6.30. The average molecular weight is 467 g/mol. The summed E-state index contributed by atoms with van der Waals surface area (Å²) < 4.78 is 5.77. The van der Waals surface area contributed by atoms with Crippen LogP contribution in [0.4, 0.5) is 0 Å². The molecule has 0 spiro atoms. The number of hydrogen-bond acceptors (Lipinski definition) is 4. The summed E-state index contributed by atoms with van der Waals surface area (Å²) in [7, 11) is 0. The minimum absolute atomic E-state index is 0. The monoisotopic (exact) mass is 465 g/mol. The van der Waals surface area contributed by atoms with Crippen molar-refractivity contribution in [3.8, 4) is 5.75 Å². The van der Waals surface area contributed by atoms with Crippen LogP contribution in [0.15, 0.2) is 24.3 Å². The number of amides is 1. The number of piperazine rings is 1. The van der Waals surface area contributed by atoms with Crippen LogP contribution in [0.2, 0.25) is 5.02 Å². The van der Waals surface area contributed by atoms with E-state index in [9.17, 15) is 4.79 Å². The maximum absolute atomic E-state index is 12.6. The highest BCUT2D eigenvalue weighted by Gasteiger charge is 2.26. The molecule has 0 aliphatic carbocycles. The largest absolute Gasteiger partial charge is 0.492 e. The lowest BCUT2D eigenvalue weighted by Crippen LogP contribution is -2.50. The van der Waals surface area contributed by atoms with E-state index in [2.05, 4.69) is 17.1 Å². The Kier molecular flexibility index (Phi) is 12.3. The van der Waals surface area contributed by atoms with E-state index in [1.54, 1.807) is 0 Å². The topological polar surface area (TPSA) is 44.8 Å². The average Bonchev–Trinajstić information content (AvgIpc) is 2.70. The minimum Gasteiger partial charge on any atom is -0.492 e. The summed E-state index contributed by atoms with van der Waals surface area (Å²) in [6.45, 7) is 9.47. The number of nitrogens with zero attached hydrogens (tertiary/aromatic N) is 2. The van der Waals surface area contributed by atoms with E-state index in [4.69, 9.17) is 16.3 Å². The summed E-state index contributed by atoms with van der Waals surface area (Å²) in [4.78, 5) is 17.1. The van der Waals surface area contributed by atoms with E-state index < -0.39 is 0 Å². The first kappa shape index (κ1) is 26.3. The number of halogens is 3. The molecule has 2 saturated heterocycles. The van der Waals surface area contributed by atoms with Gasteiger partial charge in [0, 0.05) is 44.2 Å². The van der Waals surface area contributed by atoms with Crippen LogP contribution in [-0.4, -0.2) is 68.1 Å². The van der Waals surface area contributed by atoms with E-state index in [0.29, 0.717) is 30.8 Å². The van der Waals surface area contributed by atoms with Gasteiger partial charge in [0.2, 0.25) is 5.91 Å². The molecule has 3 rings (SSSR count). The molecule has 2 aliphatic rings. The van der Waals surface area contributed by atoms with Gasteiger partial charge in [-0.15, -0.1) is 24.8 Å². The van der Waals surface area contributed by atoms with Crippen molar-refractivity contribution in [2.75, 3.05) is 52.4 Å². The lowest BCUT2D eigenvalue weighted by atomic mass is 9.85. The Morgan fingerprint density at radius 3 is 2.52 bits per heavy atom. The number of ether oxygens (including phenoxy) is 1. The number of benzene rings is 1. The van der Waals surface area contributed by atoms with Crippen LogP contribution in [0.25, 0.3) is 0 Å². The number of piperidine rings is 1. The van der Waals surface area contributed by atoms with Crippen LogP contribution >= 0.6 is 36.4 Å². The van der Waals surface area contributed by atoms with Gasteiger partial charge in [-0.2, -0.15) is 0 Å². The third-order valence-electron chi connectivity index (χ3n) is 5.85. The number of rotatable bonds is 7. The van der Waals surface area contributed by atoms with Crippen molar-refractivity contribution < 1.29 is 9.53 Å². The zero-order valence-electron chi connectivity index (χ0n) is 17.1. The summed E-state index contributed by atoms with van der Waals surface area (Å²) in [5, 5.41) is 4.18. The van der Waals surface area contributed by atoms with E-state index in [1.807, 2.05) is 29.2 Å². The third-order valence-corrected chi connectivity index (χ3v) is 6.10.